The summed E-state index contributed by atoms with van der Waals surface area (Å²) in [6.07, 6.45) is -8.73. The Kier molecular flexibility index (Phi) is 20.9. The Bertz CT molecular complexity index is 2220. The molecule has 5 aliphatic rings. The van der Waals surface area contributed by atoms with Gasteiger partial charge in [-0.05, 0) is 106 Å². The van der Waals surface area contributed by atoms with Crippen molar-refractivity contribution in [3.63, 3.8) is 0 Å². The normalized spacial score (nSPS) is 42.2. The maximum absolute atomic E-state index is 14.2. The van der Waals surface area contributed by atoms with E-state index in [2.05, 4.69) is 5.32 Å². The van der Waals surface area contributed by atoms with E-state index in [1.54, 1.807) is 62.3 Å². The lowest BCUT2D eigenvalue weighted by Gasteiger charge is -2.50. The summed E-state index contributed by atoms with van der Waals surface area (Å²) in [5, 5.41) is 66.4. The molecular weight excluding hydrogens is 1020 g/mol. The summed E-state index contributed by atoms with van der Waals surface area (Å²) >= 11 is 1.35. The standard InChI is InChI=1S/C38H69NO13.C16H19N3O5S/c1-15-26-38(10,45)31(42)21(4)28(40)19(2)17-37(9,47-14)33(52-35-29(41)25(39(11)12)16-20(3)48-35)22(5)30(23(6)34(44)50-26)51-27-18-36(8,46-13)32(43)24(7)49-27;1-16(2)11(15(23)24)19-13(22)10(14(19)25-16)18-12(21)9(17)7-3-5-8(20)6-4-7/h19-27,29-33,35,41-43,45H,15-18H2,1-14H3;3-6,9-11,14,20H,17H2,1-2H3,(H,18,21)(H,23,24)/t19-,20-,21+,22?,23-,24+,25+,26-,27+,29-,30+,31-,32+,33-,35+,36-,37-,38-;9-,10-,11+,14-/m11/s1. The molecule has 5 heterocycles. The number of phenols is 1. The molecule has 1 unspecified atom stereocenters. The number of hydrogen-bond donors (Lipinski definition) is 8. The first-order chi connectivity index (χ1) is 35.6. The Morgan fingerprint density at radius 3 is 2.04 bits per heavy atom. The van der Waals surface area contributed by atoms with Crippen molar-refractivity contribution >= 4 is 41.3 Å². The van der Waals surface area contributed by atoms with Crippen molar-refractivity contribution < 1.29 is 87.8 Å². The number of aliphatic hydroxyl groups is 4. The number of esters is 1. The van der Waals surface area contributed by atoms with Crippen LogP contribution in [-0.2, 0) is 57.1 Å². The van der Waals surface area contributed by atoms with Crippen molar-refractivity contribution in [3.05, 3.63) is 29.8 Å². The summed E-state index contributed by atoms with van der Waals surface area (Å²) in [5.41, 5.74) is 2.17. The number of nitrogens with zero attached hydrogens (tertiary/aromatic N) is 2. The van der Waals surface area contributed by atoms with Gasteiger partial charge >= 0.3 is 11.9 Å². The minimum atomic E-state index is -1.96. The molecule has 9 N–H and O–H groups in total. The van der Waals surface area contributed by atoms with Crippen LogP contribution in [-0.4, -0.2) is 205 Å². The minimum Gasteiger partial charge on any atom is -0.508 e. The van der Waals surface area contributed by atoms with Gasteiger partial charge in [-0.25, -0.2) is 4.79 Å². The van der Waals surface area contributed by atoms with E-state index in [1.165, 1.54) is 62.1 Å². The zero-order chi connectivity index (χ0) is 58.2. The first-order valence-corrected chi connectivity index (χ1v) is 27.5. The average Bonchev–Trinajstić information content (AvgIpc) is 3.65. The van der Waals surface area contributed by atoms with E-state index < -0.39 is 148 Å². The first kappa shape index (κ1) is 64.3. The molecule has 0 aliphatic carbocycles. The number of phenolic OH excluding ortho intramolecular Hbond substituents is 1. The minimum absolute atomic E-state index is 0.0606. The number of hydrogen-bond acceptors (Lipinski definition) is 20. The van der Waals surface area contributed by atoms with Gasteiger partial charge in [0, 0.05) is 49.2 Å². The quantitative estimate of drug-likeness (QED) is 0.110. The van der Waals surface area contributed by atoms with Gasteiger partial charge in [0.05, 0.1) is 47.6 Å². The van der Waals surface area contributed by atoms with Crippen LogP contribution in [0, 0.1) is 23.7 Å². The molecule has 0 aromatic heterocycles. The van der Waals surface area contributed by atoms with Gasteiger partial charge in [-0.15, -0.1) is 11.8 Å². The number of β-lactam (4-membered cyclic amide) rings is 1. The Balaban J connectivity index is 0.000000362. The Hall–Kier alpha value is -3.56. The highest BCUT2D eigenvalue weighted by Gasteiger charge is 2.64. The summed E-state index contributed by atoms with van der Waals surface area (Å²) in [6, 6.07) is 2.92. The third kappa shape index (κ3) is 13.5. The number of methoxy groups -OCH3 is 2. The number of likely N-dealkylation sites (N-methyl/N-ethyl adjacent to an activating group) is 1. The largest absolute Gasteiger partial charge is 0.508 e. The van der Waals surface area contributed by atoms with Crippen LogP contribution in [0.1, 0.15) is 120 Å². The summed E-state index contributed by atoms with van der Waals surface area (Å²) in [7, 11) is 6.77. The van der Waals surface area contributed by atoms with Crippen LogP contribution < -0.4 is 11.1 Å². The molecule has 23 heteroatoms. The van der Waals surface area contributed by atoms with Crippen LogP contribution in [0.4, 0.5) is 0 Å². The molecule has 5 fully saturated rings. The number of aliphatic carboxylic acids is 1. The second-order valence-electron chi connectivity index (χ2n) is 23.3. The number of cyclic esters (lactones) is 1. The Morgan fingerprint density at radius 2 is 1.49 bits per heavy atom. The molecule has 6 rings (SSSR count). The first-order valence-electron chi connectivity index (χ1n) is 26.6. The maximum Gasteiger partial charge on any atom is 0.327 e. The number of thioether (sulfide) groups is 1. The number of carbonyl (C=O) groups is 5. The van der Waals surface area contributed by atoms with Gasteiger partial charge in [0.1, 0.15) is 58.9 Å². The van der Waals surface area contributed by atoms with Crippen LogP contribution >= 0.6 is 11.8 Å². The van der Waals surface area contributed by atoms with Crippen LogP contribution in [0.2, 0.25) is 0 Å². The fourth-order valence-corrected chi connectivity index (χ4v) is 13.4. The van der Waals surface area contributed by atoms with Gasteiger partial charge in [-0.1, -0.05) is 39.8 Å². The smallest absolute Gasteiger partial charge is 0.327 e. The molecule has 0 spiro atoms. The number of Topliss-reactive ketones (excluding diaryl/α,β-unsaturated/α-hetero) is 1. The number of carbonyl (C=O) groups excluding carboxylic acids is 4. The van der Waals surface area contributed by atoms with Gasteiger partial charge in [0.15, 0.2) is 12.6 Å². The number of aromatic hydroxyl groups is 1. The van der Waals surface area contributed by atoms with E-state index in [0.717, 1.165) is 0 Å². The molecule has 5 aliphatic heterocycles. The summed E-state index contributed by atoms with van der Waals surface area (Å²) in [4.78, 5) is 67.5. The number of nitrogens with one attached hydrogen (secondary N) is 1. The molecule has 438 valence electrons. The van der Waals surface area contributed by atoms with E-state index >= 15 is 0 Å². The number of aliphatic hydroxyl groups excluding tert-OH is 3. The van der Waals surface area contributed by atoms with Gasteiger partial charge in [-0.3, -0.25) is 19.2 Å². The number of amides is 2. The molecule has 2 amide bonds. The molecule has 1 aromatic rings. The molecule has 22 atom stereocenters. The number of rotatable bonds is 12. The van der Waals surface area contributed by atoms with Crippen molar-refractivity contribution in [3.8, 4) is 5.75 Å². The number of fused-ring (bicyclic) bond motifs is 1. The molecular formula is C54H88N4O18S. The number of ketones is 1. The monoisotopic (exact) mass is 1110 g/mol. The van der Waals surface area contributed by atoms with E-state index in [0.29, 0.717) is 12.0 Å². The zero-order valence-corrected chi connectivity index (χ0v) is 48.4. The second kappa shape index (κ2) is 25.1. The molecule has 0 saturated carbocycles. The summed E-state index contributed by atoms with van der Waals surface area (Å²) in [6.45, 7) is 20.6. The van der Waals surface area contributed by atoms with Crippen LogP contribution in [0.15, 0.2) is 24.3 Å². The predicted molar refractivity (Wildman–Crippen MR) is 282 cm³/mol. The van der Waals surface area contributed by atoms with Crippen LogP contribution in [0.25, 0.3) is 0 Å². The predicted octanol–water partition coefficient (Wildman–Crippen LogP) is 2.46. The number of carboxylic acids is 1. The average molecular weight is 1110 g/mol. The molecule has 0 bridgehead atoms. The van der Waals surface area contributed by atoms with Gasteiger partial charge in [0.25, 0.3) is 0 Å². The highest BCUT2D eigenvalue weighted by atomic mass is 32.2. The highest BCUT2D eigenvalue weighted by molar-refractivity contribution is 8.01. The molecule has 0 radical (unpaired) electrons. The van der Waals surface area contributed by atoms with Crippen molar-refractivity contribution in [1.82, 2.24) is 15.1 Å². The van der Waals surface area contributed by atoms with Gasteiger partial charge in [0.2, 0.25) is 11.8 Å². The topological polar surface area (TPSA) is 316 Å². The van der Waals surface area contributed by atoms with Gasteiger partial charge in [-0.2, -0.15) is 0 Å². The third-order valence-corrected chi connectivity index (χ3v) is 18.3. The van der Waals surface area contributed by atoms with Crippen LogP contribution in [0.3, 0.4) is 0 Å². The van der Waals surface area contributed by atoms with E-state index in [9.17, 15) is 54.6 Å². The number of nitrogens with two attached hydrogens (primary N) is 1. The van der Waals surface area contributed by atoms with Crippen molar-refractivity contribution in [2.75, 3.05) is 28.3 Å². The fraction of sp³-hybridized carbons (Fsp3) is 0.796. The lowest BCUT2D eigenvalue weighted by Crippen LogP contribution is -2.71. The molecule has 77 heavy (non-hydrogen) atoms. The highest BCUT2D eigenvalue weighted by Crippen LogP contribution is 2.51. The second-order valence-corrected chi connectivity index (χ2v) is 25.1. The third-order valence-electron chi connectivity index (χ3n) is 16.8. The van der Waals surface area contributed by atoms with E-state index in [-0.39, 0.29) is 42.9 Å². The molecule has 1 aromatic carbocycles. The summed E-state index contributed by atoms with van der Waals surface area (Å²) in [5.74, 6) is -6.41. The number of benzene rings is 1. The maximum atomic E-state index is 14.2. The molecule has 5 saturated heterocycles. The Morgan fingerprint density at radius 1 is 0.896 bits per heavy atom. The lowest BCUT2D eigenvalue weighted by molar-refractivity contribution is -0.319. The Labute approximate surface area is 457 Å². The van der Waals surface area contributed by atoms with Crippen LogP contribution in [0.5, 0.6) is 5.75 Å². The zero-order valence-electron chi connectivity index (χ0n) is 47.6. The lowest BCUT2D eigenvalue weighted by atomic mass is 9.74. The summed E-state index contributed by atoms with van der Waals surface area (Å²) < 4.78 is 43.2. The van der Waals surface area contributed by atoms with Crippen molar-refractivity contribution in [2.45, 2.75) is 221 Å². The number of carboxylic acid groups (broad SMARTS) is 1. The van der Waals surface area contributed by atoms with Crippen molar-refractivity contribution in [2.24, 2.45) is 29.4 Å². The SMILES string of the molecule is CC1(C)S[C@@H]2[C@H](NC(=O)[C@H](N)c3ccc(O)cc3)C(=O)N2[C@H]1C(=O)O.CC[C@H]1OC(=O)[C@H](C)[C@@H](O[C@H]2C[C@@](C)(OC)[C@@H](O)[C@H](C)O2)C(C)[C@@H](O[C@@H]2O[C@H](C)C[C@H](N(C)C)[C@H]2O)[C@](C)(OC)C[C@@H](C)C(=O)[C@H](C)[C@@H](O)[C@]1(C)O. The van der Waals surface area contributed by atoms with Gasteiger partial charge < -0.3 is 84.6 Å². The fourth-order valence-electron chi connectivity index (χ4n) is 11.8. The molecule has 22 nitrogen and oxygen atoms in total. The van der Waals surface area contributed by atoms with E-state index in [4.69, 9.17) is 38.9 Å². The van der Waals surface area contributed by atoms with Crippen molar-refractivity contribution in [1.29, 1.82) is 0 Å². The number of ether oxygens (including phenoxy) is 7. The van der Waals surface area contributed by atoms with E-state index in [1.807, 2.05) is 32.8 Å².